The summed E-state index contributed by atoms with van der Waals surface area (Å²) < 4.78 is 19.8. The number of aliphatic hydroxyl groups excluding tert-OH is 1. The van der Waals surface area contributed by atoms with Crippen molar-refractivity contribution in [2.24, 2.45) is 0 Å². The molecule has 1 aliphatic rings. The number of carbonyl (C=O) groups is 2. The molecule has 2 heterocycles. The van der Waals surface area contributed by atoms with Crippen molar-refractivity contribution in [1.29, 1.82) is 0 Å². The normalized spacial score (nSPS) is 16.3. The van der Waals surface area contributed by atoms with Gasteiger partial charge in [0.2, 0.25) is 5.91 Å². The molecule has 0 radical (unpaired) electrons. The first-order valence-electron chi connectivity index (χ1n) is 11.7. The second-order valence-corrected chi connectivity index (χ2v) is 8.78. The molecule has 0 spiro atoms. The van der Waals surface area contributed by atoms with Crippen LogP contribution in [0, 0.1) is 5.82 Å². The quantitative estimate of drug-likeness (QED) is 0.313. The highest BCUT2D eigenvalue weighted by Gasteiger charge is 2.41. The lowest BCUT2D eigenvalue weighted by atomic mass is 9.84. The van der Waals surface area contributed by atoms with Gasteiger partial charge in [0.25, 0.3) is 0 Å². The van der Waals surface area contributed by atoms with Crippen LogP contribution in [-0.2, 0) is 20.7 Å². The number of amides is 1. The minimum atomic E-state index is -0.912. The molecular weight excluding hydrogens is 459 g/mol. The highest BCUT2D eigenvalue weighted by molar-refractivity contribution is 5.95. The Hall–Kier alpha value is -4.39. The van der Waals surface area contributed by atoms with Gasteiger partial charge in [-0.25, -0.2) is 9.18 Å². The van der Waals surface area contributed by atoms with Crippen LogP contribution in [0.4, 0.5) is 4.39 Å². The molecule has 6 nitrogen and oxygen atoms in total. The number of rotatable bonds is 7. The molecule has 3 aromatic carbocycles. The molecule has 0 bridgehead atoms. The molecule has 3 N–H and O–H groups in total. The van der Waals surface area contributed by atoms with E-state index < -0.39 is 23.8 Å². The Kier molecular flexibility index (Phi) is 6.29. The summed E-state index contributed by atoms with van der Waals surface area (Å²) in [5.41, 5.74) is 3.58. The fraction of sp³-hybridized carbons (Fsp3) is 0.172. The van der Waals surface area contributed by atoms with Crippen molar-refractivity contribution in [3.8, 4) is 0 Å². The molecule has 0 fully saturated rings. The van der Waals surface area contributed by atoms with Gasteiger partial charge in [0.15, 0.2) is 6.10 Å². The number of carbonyl (C=O) groups excluding carboxylic acids is 2. The first-order valence-corrected chi connectivity index (χ1v) is 11.7. The van der Waals surface area contributed by atoms with E-state index in [1.54, 1.807) is 18.2 Å². The van der Waals surface area contributed by atoms with Crippen molar-refractivity contribution in [3.63, 3.8) is 0 Å². The number of aromatic nitrogens is 1. The Morgan fingerprint density at radius 3 is 2.47 bits per heavy atom. The van der Waals surface area contributed by atoms with Crippen molar-refractivity contribution in [2.75, 3.05) is 6.54 Å². The number of nitrogens with one attached hydrogen (secondary N) is 2. The highest BCUT2D eigenvalue weighted by atomic mass is 19.1. The minimum absolute atomic E-state index is 0.128. The van der Waals surface area contributed by atoms with E-state index in [4.69, 9.17) is 4.74 Å². The predicted molar refractivity (Wildman–Crippen MR) is 134 cm³/mol. The second-order valence-electron chi connectivity index (χ2n) is 8.78. The zero-order valence-electron chi connectivity index (χ0n) is 19.6. The van der Waals surface area contributed by atoms with Crippen molar-refractivity contribution in [1.82, 2.24) is 10.3 Å². The van der Waals surface area contributed by atoms with Crippen LogP contribution in [0.2, 0.25) is 0 Å². The van der Waals surface area contributed by atoms with Crippen molar-refractivity contribution >= 4 is 22.8 Å². The zero-order valence-corrected chi connectivity index (χ0v) is 19.6. The van der Waals surface area contributed by atoms with Crippen LogP contribution in [0.5, 0.6) is 0 Å². The average Bonchev–Trinajstić information content (AvgIpc) is 3.37. The van der Waals surface area contributed by atoms with Gasteiger partial charge in [-0.3, -0.25) is 4.79 Å². The predicted octanol–water partition coefficient (Wildman–Crippen LogP) is 5.23. The summed E-state index contributed by atoms with van der Waals surface area (Å²) in [5.74, 6) is -2.03. The molecule has 0 aliphatic carbocycles. The van der Waals surface area contributed by atoms with Gasteiger partial charge in [0, 0.05) is 35.6 Å². The SMILES string of the molecule is CC(=O)NCCc1c(C(C2=C(O)C(c3ccccc3)OC2=O)c2ccccc2)[nH]c2cc(F)ccc12. The lowest BCUT2D eigenvalue weighted by Gasteiger charge is -2.19. The number of ether oxygens (including phenoxy) is 1. The van der Waals surface area contributed by atoms with Gasteiger partial charge in [-0.05, 0) is 35.7 Å². The van der Waals surface area contributed by atoms with Gasteiger partial charge >= 0.3 is 5.97 Å². The van der Waals surface area contributed by atoms with E-state index in [9.17, 15) is 19.1 Å². The largest absolute Gasteiger partial charge is 0.507 e. The van der Waals surface area contributed by atoms with Gasteiger partial charge in [-0.1, -0.05) is 60.7 Å². The van der Waals surface area contributed by atoms with Crippen LogP contribution < -0.4 is 5.32 Å². The van der Waals surface area contributed by atoms with Crippen LogP contribution in [0.1, 0.15) is 41.3 Å². The van der Waals surface area contributed by atoms with E-state index >= 15 is 0 Å². The summed E-state index contributed by atoms with van der Waals surface area (Å²) >= 11 is 0. The van der Waals surface area contributed by atoms with Gasteiger partial charge in [0.1, 0.15) is 11.6 Å². The first kappa shape index (κ1) is 23.4. The van der Waals surface area contributed by atoms with E-state index in [1.807, 2.05) is 48.5 Å². The Labute approximate surface area is 207 Å². The number of cyclic esters (lactones) is 1. The number of aliphatic hydroxyl groups is 1. The number of H-pyrrole nitrogens is 1. The molecule has 4 aromatic rings. The highest BCUT2D eigenvalue weighted by Crippen LogP contribution is 2.44. The third-order valence-electron chi connectivity index (χ3n) is 6.43. The molecule has 2 unspecified atom stereocenters. The fourth-order valence-corrected chi connectivity index (χ4v) is 4.84. The number of benzene rings is 3. The third kappa shape index (κ3) is 4.35. The van der Waals surface area contributed by atoms with Crippen LogP contribution >= 0.6 is 0 Å². The van der Waals surface area contributed by atoms with Crippen LogP contribution in [0.3, 0.4) is 0 Å². The van der Waals surface area contributed by atoms with E-state index in [-0.39, 0.29) is 17.2 Å². The Morgan fingerprint density at radius 2 is 1.78 bits per heavy atom. The molecule has 2 atom stereocenters. The Balaban J connectivity index is 1.70. The summed E-state index contributed by atoms with van der Waals surface area (Å²) in [7, 11) is 0. The van der Waals surface area contributed by atoms with E-state index in [0.29, 0.717) is 29.7 Å². The van der Waals surface area contributed by atoms with E-state index in [0.717, 1.165) is 16.5 Å². The molecule has 1 aromatic heterocycles. The summed E-state index contributed by atoms with van der Waals surface area (Å²) in [6.45, 7) is 1.80. The van der Waals surface area contributed by atoms with Crippen molar-refractivity contribution < 1.29 is 23.8 Å². The zero-order chi connectivity index (χ0) is 25.2. The number of halogens is 1. The standard InChI is InChI=1S/C29H25FN2O4/c1-17(33)31-15-14-22-21-13-12-20(30)16-23(21)32-26(22)24(18-8-4-2-5-9-18)25-27(34)28(36-29(25)35)19-10-6-3-7-11-19/h2-13,16,24,28,32,34H,14-15H2,1H3,(H,31,33). The van der Waals surface area contributed by atoms with Crippen LogP contribution in [-0.4, -0.2) is 28.5 Å². The maximum Gasteiger partial charge on any atom is 0.339 e. The maximum absolute atomic E-state index is 14.1. The Bertz CT molecular complexity index is 1460. The van der Waals surface area contributed by atoms with Crippen LogP contribution in [0.15, 0.2) is 90.2 Å². The number of fused-ring (bicyclic) bond motifs is 1. The lowest BCUT2D eigenvalue weighted by Crippen LogP contribution is -2.23. The summed E-state index contributed by atoms with van der Waals surface area (Å²) in [6, 6.07) is 22.8. The summed E-state index contributed by atoms with van der Waals surface area (Å²) in [5, 5.41) is 14.9. The molecule has 0 saturated carbocycles. The summed E-state index contributed by atoms with van der Waals surface area (Å²) in [4.78, 5) is 28.1. The summed E-state index contributed by atoms with van der Waals surface area (Å²) in [6.07, 6.45) is -0.473. The molecular formula is C29H25FN2O4. The lowest BCUT2D eigenvalue weighted by molar-refractivity contribution is -0.140. The molecule has 7 heteroatoms. The van der Waals surface area contributed by atoms with E-state index in [1.165, 1.54) is 19.1 Å². The molecule has 182 valence electrons. The van der Waals surface area contributed by atoms with Gasteiger partial charge in [-0.15, -0.1) is 0 Å². The topological polar surface area (TPSA) is 91.4 Å². The molecule has 36 heavy (non-hydrogen) atoms. The monoisotopic (exact) mass is 484 g/mol. The van der Waals surface area contributed by atoms with E-state index in [2.05, 4.69) is 10.3 Å². The number of aromatic amines is 1. The smallest absolute Gasteiger partial charge is 0.339 e. The van der Waals surface area contributed by atoms with Gasteiger partial charge in [-0.2, -0.15) is 0 Å². The van der Waals surface area contributed by atoms with Crippen molar-refractivity contribution in [2.45, 2.75) is 25.4 Å². The van der Waals surface area contributed by atoms with Crippen LogP contribution in [0.25, 0.3) is 10.9 Å². The fourth-order valence-electron chi connectivity index (χ4n) is 4.84. The van der Waals surface area contributed by atoms with Crippen molar-refractivity contribution in [3.05, 3.63) is 118 Å². The Morgan fingerprint density at radius 1 is 1.08 bits per heavy atom. The third-order valence-corrected chi connectivity index (χ3v) is 6.43. The minimum Gasteiger partial charge on any atom is -0.507 e. The van der Waals surface area contributed by atoms with Gasteiger partial charge < -0.3 is 20.1 Å². The first-order chi connectivity index (χ1) is 17.4. The molecule has 5 rings (SSSR count). The molecule has 1 amide bonds. The number of hydrogen-bond acceptors (Lipinski definition) is 4. The van der Waals surface area contributed by atoms with Gasteiger partial charge in [0.05, 0.1) is 11.5 Å². The second kappa shape index (κ2) is 9.70. The molecule has 0 saturated heterocycles. The molecule has 1 aliphatic heterocycles. The maximum atomic E-state index is 14.1. The number of esters is 1. The average molecular weight is 485 g/mol. The number of hydrogen-bond donors (Lipinski definition) is 3.